The number of non-ortho nitro benzene ring substituents is 1. The Balaban J connectivity index is 0.00000106. The number of rotatable bonds is 4. The van der Waals surface area contributed by atoms with Gasteiger partial charge in [0.15, 0.2) is 0 Å². The minimum atomic E-state index is -0.873. The molecule has 21 heavy (non-hydrogen) atoms. The number of thiazole rings is 1. The molecule has 0 spiro atoms. The lowest BCUT2D eigenvalue weighted by atomic mass is 10.3. The molecule has 0 fully saturated rings. The molecule has 112 valence electrons. The monoisotopic (exact) mass is 310 g/mol. The highest BCUT2D eigenvalue weighted by atomic mass is 32.1. The molecular weight excluding hydrogens is 296 g/mol. The number of ether oxygens (including phenoxy) is 2. The van der Waals surface area contributed by atoms with Gasteiger partial charge in [0.1, 0.15) is 12.4 Å². The van der Waals surface area contributed by atoms with E-state index in [9.17, 15) is 14.9 Å². The van der Waals surface area contributed by atoms with Crippen LogP contribution in [0.1, 0.15) is 18.7 Å². The van der Waals surface area contributed by atoms with Crippen molar-refractivity contribution in [2.75, 3.05) is 0 Å². The average Bonchev–Trinajstić information content (AvgIpc) is 3.01. The first kappa shape index (κ1) is 16.6. The Morgan fingerprint density at radius 3 is 2.52 bits per heavy atom. The van der Waals surface area contributed by atoms with E-state index < -0.39 is 11.1 Å². The lowest BCUT2D eigenvalue weighted by Crippen LogP contribution is -2.09. The molecule has 0 radical (unpaired) electrons. The second kappa shape index (κ2) is 8.64. The zero-order valence-corrected chi connectivity index (χ0v) is 12.3. The number of hydrogen-bond donors (Lipinski definition) is 0. The smallest absolute Gasteiger partial charge is 0.428 e. The second-order valence-corrected chi connectivity index (χ2v) is 4.33. The predicted molar refractivity (Wildman–Crippen MR) is 77.4 cm³/mol. The molecule has 0 atom stereocenters. The van der Waals surface area contributed by atoms with Crippen LogP contribution in [0, 0.1) is 10.1 Å². The summed E-state index contributed by atoms with van der Waals surface area (Å²) in [5.74, 6) is 0.180. The number of carbonyl (C=O) groups is 1. The van der Waals surface area contributed by atoms with E-state index >= 15 is 0 Å². The van der Waals surface area contributed by atoms with E-state index in [2.05, 4.69) is 4.98 Å². The van der Waals surface area contributed by atoms with Crippen molar-refractivity contribution in [3.63, 3.8) is 0 Å². The summed E-state index contributed by atoms with van der Waals surface area (Å²) in [6.45, 7) is 4.08. The quantitative estimate of drug-likeness (QED) is 0.369. The number of hydrogen-bond acceptors (Lipinski definition) is 7. The van der Waals surface area contributed by atoms with Gasteiger partial charge in [-0.05, 0) is 12.1 Å². The standard InChI is InChI=1S/C11H8N2O5S.C2H6/c14-11(17-6-10-5-12-7-19-10)18-9-3-1-8(2-4-9)13(15)16;1-2/h1-5,7H,6H2;1-2H3. The van der Waals surface area contributed by atoms with E-state index in [1.807, 2.05) is 13.8 Å². The Morgan fingerprint density at radius 2 is 2.00 bits per heavy atom. The summed E-state index contributed by atoms with van der Waals surface area (Å²) in [6, 6.07) is 5.13. The normalized spacial score (nSPS) is 9.24. The first-order chi connectivity index (χ1) is 10.1. The highest BCUT2D eigenvalue weighted by molar-refractivity contribution is 7.09. The number of carbonyl (C=O) groups excluding carboxylic acids is 1. The maximum atomic E-state index is 11.3. The van der Waals surface area contributed by atoms with Crippen molar-refractivity contribution in [3.05, 3.63) is 51.0 Å². The van der Waals surface area contributed by atoms with Gasteiger partial charge in [-0.2, -0.15) is 0 Å². The van der Waals surface area contributed by atoms with Crippen LogP contribution in [0.4, 0.5) is 10.5 Å². The van der Waals surface area contributed by atoms with E-state index in [4.69, 9.17) is 9.47 Å². The Labute approximate surface area is 125 Å². The van der Waals surface area contributed by atoms with E-state index in [-0.39, 0.29) is 18.0 Å². The zero-order chi connectivity index (χ0) is 15.7. The van der Waals surface area contributed by atoms with Gasteiger partial charge >= 0.3 is 6.16 Å². The number of nitro benzene ring substituents is 1. The lowest BCUT2D eigenvalue weighted by Gasteiger charge is -2.04. The minimum absolute atomic E-state index is 0.0784. The molecule has 0 aliphatic rings. The molecule has 0 aliphatic heterocycles. The van der Waals surface area contributed by atoms with Gasteiger partial charge in [-0.25, -0.2) is 4.79 Å². The van der Waals surface area contributed by atoms with Gasteiger partial charge in [0.05, 0.1) is 15.3 Å². The first-order valence-electron chi connectivity index (χ1n) is 6.11. The second-order valence-electron chi connectivity index (χ2n) is 3.36. The molecule has 0 aliphatic carbocycles. The van der Waals surface area contributed by atoms with Crippen molar-refractivity contribution in [1.82, 2.24) is 4.98 Å². The fourth-order valence-corrected chi connectivity index (χ4v) is 1.71. The van der Waals surface area contributed by atoms with Crippen molar-refractivity contribution in [1.29, 1.82) is 0 Å². The van der Waals surface area contributed by atoms with Crippen molar-refractivity contribution in [2.45, 2.75) is 20.5 Å². The molecule has 8 heteroatoms. The molecule has 0 bridgehead atoms. The van der Waals surface area contributed by atoms with Crippen LogP contribution >= 0.6 is 11.3 Å². The number of aromatic nitrogens is 1. The fraction of sp³-hybridized carbons (Fsp3) is 0.231. The summed E-state index contributed by atoms with van der Waals surface area (Å²) in [7, 11) is 0. The molecule has 2 aromatic rings. The van der Waals surface area contributed by atoms with Crippen LogP contribution in [0.3, 0.4) is 0 Å². The molecule has 0 N–H and O–H groups in total. The van der Waals surface area contributed by atoms with Crippen LogP contribution in [0.2, 0.25) is 0 Å². The highest BCUT2D eigenvalue weighted by Crippen LogP contribution is 2.18. The third kappa shape index (κ3) is 5.57. The third-order valence-electron chi connectivity index (χ3n) is 2.06. The molecule has 0 saturated heterocycles. The predicted octanol–water partition coefficient (Wildman–Crippen LogP) is 3.79. The number of benzene rings is 1. The van der Waals surface area contributed by atoms with Crippen molar-refractivity contribution < 1.29 is 19.2 Å². The molecule has 0 unspecified atom stereocenters. The molecule has 2 rings (SSSR count). The minimum Gasteiger partial charge on any atom is -0.428 e. The van der Waals surface area contributed by atoms with Crippen LogP contribution in [-0.4, -0.2) is 16.1 Å². The zero-order valence-electron chi connectivity index (χ0n) is 11.5. The first-order valence-corrected chi connectivity index (χ1v) is 6.99. The molecule has 0 amide bonds. The van der Waals surface area contributed by atoms with Crippen molar-refractivity contribution in [3.8, 4) is 5.75 Å². The van der Waals surface area contributed by atoms with Crippen LogP contribution < -0.4 is 4.74 Å². The average molecular weight is 310 g/mol. The molecule has 7 nitrogen and oxygen atoms in total. The SMILES string of the molecule is CC.O=C(OCc1cncs1)Oc1ccc([N+](=O)[O-])cc1. The summed E-state index contributed by atoms with van der Waals surface area (Å²) in [6.07, 6.45) is 0.714. The summed E-state index contributed by atoms with van der Waals surface area (Å²) in [4.78, 5) is 25.9. The number of nitro groups is 1. The van der Waals surface area contributed by atoms with Gasteiger partial charge in [0.2, 0.25) is 0 Å². The Kier molecular flexibility index (Phi) is 6.82. The summed E-state index contributed by atoms with van der Waals surface area (Å²) in [5, 5.41) is 10.4. The van der Waals surface area contributed by atoms with E-state index in [0.29, 0.717) is 0 Å². The van der Waals surface area contributed by atoms with Crippen LogP contribution in [0.25, 0.3) is 0 Å². The Hall–Kier alpha value is -2.48. The summed E-state index contributed by atoms with van der Waals surface area (Å²) in [5.41, 5.74) is 1.55. The van der Waals surface area contributed by atoms with Gasteiger partial charge in [0, 0.05) is 18.3 Å². The highest BCUT2D eigenvalue weighted by Gasteiger charge is 2.09. The molecule has 1 aromatic carbocycles. The lowest BCUT2D eigenvalue weighted by molar-refractivity contribution is -0.384. The third-order valence-corrected chi connectivity index (χ3v) is 2.82. The van der Waals surface area contributed by atoms with Crippen molar-refractivity contribution >= 4 is 23.2 Å². The molecular formula is C13H14N2O5S. The Morgan fingerprint density at radius 1 is 1.33 bits per heavy atom. The van der Waals surface area contributed by atoms with Gasteiger partial charge < -0.3 is 9.47 Å². The van der Waals surface area contributed by atoms with Gasteiger partial charge in [-0.3, -0.25) is 15.1 Å². The van der Waals surface area contributed by atoms with Crippen LogP contribution in [0.5, 0.6) is 5.75 Å². The van der Waals surface area contributed by atoms with E-state index in [0.717, 1.165) is 4.88 Å². The topological polar surface area (TPSA) is 91.6 Å². The molecule has 1 heterocycles. The molecule has 1 aromatic heterocycles. The maximum Gasteiger partial charge on any atom is 0.514 e. The number of nitrogens with zero attached hydrogens (tertiary/aromatic N) is 2. The van der Waals surface area contributed by atoms with Crippen molar-refractivity contribution in [2.24, 2.45) is 0 Å². The van der Waals surface area contributed by atoms with Gasteiger partial charge in [0.25, 0.3) is 5.69 Å². The summed E-state index contributed by atoms with van der Waals surface area (Å²) < 4.78 is 9.69. The molecule has 0 saturated carbocycles. The maximum absolute atomic E-state index is 11.3. The van der Waals surface area contributed by atoms with Crippen LogP contribution in [0.15, 0.2) is 36.0 Å². The van der Waals surface area contributed by atoms with E-state index in [1.165, 1.54) is 35.6 Å². The largest absolute Gasteiger partial charge is 0.514 e. The van der Waals surface area contributed by atoms with Crippen LogP contribution in [-0.2, 0) is 11.3 Å². The Bertz CT molecular complexity index is 569. The van der Waals surface area contributed by atoms with Gasteiger partial charge in [-0.15, -0.1) is 11.3 Å². The van der Waals surface area contributed by atoms with Gasteiger partial charge in [-0.1, -0.05) is 13.8 Å². The summed E-state index contributed by atoms with van der Waals surface area (Å²) >= 11 is 1.36. The van der Waals surface area contributed by atoms with E-state index in [1.54, 1.807) is 11.7 Å². The fourth-order valence-electron chi connectivity index (χ4n) is 1.21.